The molecule has 2 fully saturated rings. The maximum Gasteiger partial charge on any atom is 0.317 e. The lowest BCUT2D eigenvalue weighted by Gasteiger charge is -2.42. The first-order valence-corrected chi connectivity index (χ1v) is 7.90. The molecule has 120 valence electrons. The number of piperazine rings is 1. The molecular formula is C15H27N3O3. The Labute approximate surface area is 126 Å². The van der Waals surface area contributed by atoms with Gasteiger partial charge < -0.3 is 15.3 Å². The van der Waals surface area contributed by atoms with Crippen LogP contribution >= 0.6 is 0 Å². The maximum atomic E-state index is 12.2. The lowest BCUT2D eigenvalue weighted by Crippen LogP contribution is -2.55. The van der Waals surface area contributed by atoms with Gasteiger partial charge in [0.25, 0.3) is 0 Å². The second-order valence-corrected chi connectivity index (χ2v) is 6.70. The number of hydrogen-bond acceptors (Lipinski definition) is 3. The van der Waals surface area contributed by atoms with E-state index in [0.717, 1.165) is 45.4 Å². The van der Waals surface area contributed by atoms with Gasteiger partial charge in [-0.1, -0.05) is 6.42 Å². The Bertz CT molecular complexity index is 386. The van der Waals surface area contributed by atoms with Crippen molar-refractivity contribution >= 4 is 12.0 Å². The van der Waals surface area contributed by atoms with Crippen LogP contribution in [-0.2, 0) is 4.79 Å². The van der Waals surface area contributed by atoms with E-state index >= 15 is 0 Å². The average Bonchev–Trinajstić information content (AvgIpc) is 2.41. The third kappa shape index (κ3) is 4.09. The number of aliphatic carboxylic acids is 1. The van der Waals surface area contributed by atoms with Crippen LogP contribution in [0.3, 0.4) is 0 Å². The van der Waals surface area contributed by atoms with Gasteiger partial charge in [-0.2, -0.15) is 0 Å². The predicted octanol–water partition coefficient (Wildman–Crippen LogP) is 1.37. The summed E-state index contributed by atoms with van der Waals surface area (Å²) in [5, 5.41) is 11.9. The standard InChI is InChI=1S/C15H27N3O3/c1-12(2)17-6-8-18(9-7-17)14(21)16-11-15(4-3-5-15)10-13(19)20/h12H,3-11H2,1-2H3,(H,16,21)(H,19,20). The molecule has 2 rings (SSSR count). The molecule has 1 heterocycles. The molecule has 1 aliphatic heterocycles. The highest BCUT2D eigenvalue weighted by Gasteiger charge is 2.39. The first-order valence-electron chi connectivity index (χ1n) is 7.90. The van der Waals surface area contributed by atoms with Crippen LogP contribution < -0.4 is 5.32 Å². The van der Waals surface area contributed by atoms with Gasteiger partial charge >= 0.3 is 12.0 Å². The third-order valence-electron chi connectivity index (χ3n) is 4.89. The predicted molar refractivity (Wildman–Crippen MR) is 80.2 cm³/mol. The lowest BCUT2D eigenvalue weighted by atomic mass is 9.66. The van der Waals surface area contributed by atoms with Crippen molar-refractivity contribution in [2.45, 2.75) is 45.6 Å². The summed E-state index contributed by atoms with van der Waals surface area (Å²) in [5.74, 6) is -0.769. The minimum Gasteiger partial charge on any atom is -0.481 e. The van der Waals surface area contributed by atoms with Crippen LogP contribution in [0.25, 0.3) is 0 Å². The van der Waals surface area contributed by atoms with Gasteiger partial charge in [-0.05, 0) is 32.1 Å². The summed E-state index contributed by atoms with van der Waals surface area (Å²) < 4.78 is 0. The van der Waals surface area contributed by atoms with Gasteiger partial charge in [-0.25, -0.2) is 4.79 Å². The van der Waals surface area contributed by atoms with E-state index in [9.17, 15) is 9.59 Å². The molecule has 0 atom stereocenters. The summed E-state index contributed by atoms with van der Waals surface area (Å²) in [6.45, 7) is 8.13. The number of rotatable bonds is 5. The fraction of sp³-hybridized carbons (Fsp3) is 0.867. The summed E-state index contributed by atoms with van der Waals surface area (Å²) in [6.07, 6.45) is 3.03. The molecule has 6 nitrogen and oxygen atoms in total. The Morgan fingerprint density at radius 3 is 2.24 bits per heavy atom. The SMILES string of the molecule is CC(C)N1CCN(C(=O)NCC2(CC(=O)O)CCC2)CC1. The molecule has 0 aromatic heterocycles. The minimum absolute atomic E-state index is 0.0462. The molecule has 0 spiro atoms. The van der Waals surface area contributed by atoms with Crippen molar-refractivity contribution < 1.29 is 14.7 Å². The van der Waals surface area contributed by atoms with Crippen molar-refractivity contribution in [3.8, 4) is 0 Å². The van der Waals surface area contributed by atoms with Gasteiger partial charge in [-0.3, -0.25) is 9.69 Å². The summed E-state index contributed by atoms with van der Waals surface area (Å²) >= 11 is 0. The molecule has 0 bridgehead atoms. The summed E-state index contributed by atoms with van der Waals surface area (Å²) in [4.78, 5) is 27.3. The molecule has 2 N–H and O–H groups in total. The van der Waals surface area contributed by atoms with E-state index in [2.05, 4.69) is 24.1 Å². The number of amides is 2. The number of carboxylic acids is 1. The molecule has 1 saturated carbocycles. The summed E-state index contributed by atoms with van der Waals surface area (Å²) in [6, 6.07) is 0.471. The Morgan fingerprint density at radius 1 is 1.19 bits per heavy atom. The van der Waals surface area contributed by atoms with Crippen LogP contribution in [-0.4, -0.2) is 65.7 Å². The van der Waals surface area contributed by atoms with Gasteiger partial charge in [0.2, 0.25) is 0 Å². The smallest absolute Gasteiger partial charge is 0.317 e. The minimum atomic E-state index is -0.769. The van der Waals surface area contributed by atoms with Gasteiger partial charge in [0.05, 0.1) is 6.42 Å². The van der Waals surface area contributed by atoms with Crippen molar-refractivity contribution in [2.75, 3.05) is 32.7 Å². The van der Waals surface area contributed by atoms with Crippen LogP contribution in [0.4, 0.5) is 4.79 Å². The van der Waals surface area contributed by atoms with Crippen molar-refractivity contribution in [1.29, 1.82) is 0 Å². The van der Waals surface area contributed by atoms with E-state index < -0.39 is 5.97 Å². The molecule has 0 radical (unpaired) electrons. The monoisotopic (exact) mass is 297 g/mol. The van der Waals surface area contributed by atoms with E-state index in [1.165, 1.54) is 0 Å². The van der Waals surface area contributed by atoms with E-state index in [4.69, 9.17) is 5.11 Å². The van der Waals surface area contributed by atoms with Gasteiger partial charge in [0, 0.05) is 38.8 Å². The Hall–Kier alpha value is -1.30. The molecule has 6 heteroatoms. The zero-order chi connectivity index (χ0) is 15.5. The molecule has 2 aliphatic rings. The van der Waals surface area contributed by atoms with E-state index in [0.29, 0.717) is 12.6 Å². The Morgan fingerprint density at radius 2 is 1.81 bits per heavy atom. The number of carbonyl (C=O) groups excluding carboxylic acids is 1. The zero-order valence-corrected chi connectivity index (χ0v) is 13.1. The molecule has 0 aromatic rings. The second kappa shape index (κ2) is 6.64. The van der Waals surface area contributed by atoms with E-state index in [1.807, 2.05) is 4.90 Å². The molecule has 1 saturated heterocycles. The topological polar surface area (TPSA) is 72.9 Å². The van der Waals surface area contributed by atoms with Crippen LogP contribution in [0.1, 0.15) is 39.5 Å². The third-order valence-corrected chi connectivity index (χ3v) is 4.89. The second-order valence-electron chi connectivity index (χ2n) is 6.70. The average molecular weight is 297 g/mol. The van der Waals surface area contributed by atoms with Crippen LogP contribution in [0.5, 0.6) is 0 Å². The number of carbonyl (C=O) groups is 2. The highest BCUT2D eigenvalue weighted by atomic mass is 16.4. The van der Waals surface area contributed by atoms with Crippen molar-refractivity contribution in [3.05, 3.63) is 0 Å². The zero-order valence-electron chi connectivity index (χ0n) is 13.1. The first kappa shape index (κ1) is 16.1. The molecular weight excluding hydrogens is 270 g/mol. The first-order chi connectivity index (χ1) is 9.92. The molecule has 21 heavy (non-hydrogen) atoms. The summed E-state index contributed by atoms with van der Waals surface area (Å²) in [5.41, 5.74) is -0.207. The number of nitrogens with zero attached hydrogens (tertiary/aromatic N) is 2. The fourth-order valence-corrected chi connectivity index (χ4v) is 3.23. The normalized spacial score (nSPS) is 22.0. The van der Waals surface area contributed by atoms with E-state index in [-0.39, 0.29) is 17.9 Å². The van der Waals surface area contributed by atoms with Crippen LogP contribution in [0.2, 0.25) is 0 Å². The number of urea groups is 1. The Kier molecular flexibility index (Phi) is 5.08. The largest absolute Gasteiger partial charge is 0.481 e. The Balaban J connectivity index is 1.76. The number of nitrogens with one attached hydrogen (secondary N) is 1. The van der Waals surface area contributed by atoms with Gasteiger partial charge in [0.15, 0.2) is 0 Å². The summed E-state index contributed by atoms with van der Waals surface area (Å²) in [7, 11) is 0. The van der Waals surface area contributed by atoms with Crippen LogP contribution in [0.15, 0.2) is 0 Å². The quantitative estimate of drug-likeness (QED) is 0.804. The number of hydrogen-bond donors (Lipinski definition) is 2. The van der Waals surface area contributed by atoms with Crippen molar-refractivity contribution in [2.24, 2.45) is 5.41 Å². The lowest BCUT2D eigenvalue weighted by molar-refractivity contribution is -0.141. The highest BCUT2D eigenvalue weighted by Crippen LogP contribution is 2.43. The van der Waals surface area contributed by atoms with E-state index in [1.54, 1.807) is 0 Å². The van der Waals surface area contributed by atoms with Crippen LogP contribution in [0, 0.1) is 5.41 Å². The van der Waals surface area contributed by atoms with Gasteiger partial charge in [0.1, 0.15) is 0 Å². The highest BCUT2D eigenvalue weighted by molar-refractivity contribution is 5.74. The molecule has 0 aromatic carbocycles. The maximum absolute atomic E-state index is 12.2. The number of carboxylic acid groups (broad SMARTS) is 1. The molecule has 1 aliphatic carbocycles. The fourth-order valence-electron chi connectivity index (χ4n) is 3.23. The molecule has 0 unspecified atom stereocenters. The van der Waals surface area contributed by atoms with Crippen molar-refractivity contribution in [3.63, 3.8) is 0 Å². The van der Waals surface area contributed by atoms with Crippen molar-refractivity contribution in [1.82, 2.24) is 15.1 Å². The molecule has 2 amide bonds. The van der Waals surface area contributed by atoms with Gasteiger partial charge in [-0.15, -0.1) is 0 Å².